The van der Waals surface area contributed by atoms with Crippen molar-refractivity contribution in [2.75, 3.05) is 16.8 Å². The number of amides is 2. The lowest BCUT2D eigenvalue weighted by Gasteiger charge is -2.22. The first-order valence-corrected chi connectivity index (χ1v) is 8.81. The van der Waals surface area contributed by atoms with Crippen molar-refractivity contribution >= 4 is 29.3 Å². The summed E-state index contributed by atoms with van der Waals surface area (Å²) in [7, 11) is 0. The molecule has 22 heavy (non-hydrogen) atoms. The fourth-order valence-corrected chi connectivity index (χ4v) is 3.38. The average Bonchev–Trinajstić information content (AvgIpc) is 2.56. The second-order valence-electron chi connectivity index (χ2n) is 5.57. The third-order valence-electron chi connectivity index (χ3n) is 3.90. The maximum absolute atomic E-state index is 11.8. The summed E-state index contributed by atoms with van der Waals surface area (Å²) < 4.78 is 0. The quantitative estimate of drug-likeness (QED) is 0.427. The maximum Gasteiger partial charge on any atom is 0.243 e. The molecule has 1 aliphatic carbocycles. The van der Waals surface area contributed by atoms with Crippen molar-refractivity contribution in [3.05, 3.63) is 29.8 Å². The van der Waals surface area contributed by atoms with Crippen LogP contribution in [0.5, 0.6) is 0 Å². The van der Waals surface area contributed by atoms with Gasteiger partial charge in [0, 0.05) is 5.69 Å². The lowest BCUT2D eigenvalue weighted by atomic mass is 9.84. The molecule has 4 N–H and O–H groups in total. The molecule has 0 bridgehead atoms. The van der Waals surface area contributed by atoms with E-state index >= 15 is 0 Å². The van der Waals surface area contributed by atoms with Crippen LogP contribution in [0, 0.1) is 0 Å². The lowest BCUT2D eigenvalue weighted by Crippen LogP contribution is -2.32. The molecule has 6 heteroatoms. The van der Waals surface area contributed by atoms with Gasteiger partial charge in [-0.3, -0.25) is 15.0 Å². The van der Waals surface area contributed by atoms with E-state index in [-0.39, 0.29) is 23.3 Å². The molecule has 0 spiro atoms. The van der Waals surface area contributed by atoms with Crippen molar-refractivity contribution in [1.82, 2.24) is 5.43 Å². The van der Waals surface area contributed by atoms with Gasteiger partial charge in [-0.2, -0.15) is 0 Å². The summed E-state index contributed by atoms with van der Waals surface area (Å²) >= 11 is 1.24. The van der Waals surface area contributed by atoms with Gasteiger partial charge in [0.1, 0.15) is 0 Å². The summed E-state index contributed by atoms with van der Waals surface area (Å²) in [5.74, 6) is 5.67. The van der Waals surface area contributed by atoms with Gasteiger partial charge in [-0.05, 0) is 36.5 Å². The smallest absolute Gasteiger partial charge is 0.243 e. The highest BCUT2D eigenvalue weighted by Gasteiger charge is 2.15. The highest BCUT2D eigenvalue weighted by molar-refractivity contribution is 8.00. The Hall–Kier alpha value is -1.53. The summed E-state index contributed by atoms with van der Waals surface area (Å²) in [6.45, 7) is 0. The fourth-order valence-electron chi connectivity index (χ4n) is 2.75. The summed E-state index contributed by atoms with van der Waals surface area (Å²) in [4.78, 5) is 22.7. The standard InChI is InChI=1S/C16H23N3O2S/c17-19-16(21)11-22-10-15(20)18-14-8-6-13(7-9-14)12-4-2-1-3-5-12/h6-9,12H,1-5,10-11,17H2,(H,18,20)(H,19,21). The highest BCUT2D eigenvalue weighted by atomic mass is 32.2. The van der Waals surface area contributed by atoms with Crippen LogP contribution in [0.3, 0.4) is 0 Å². The third kappa shape index (κ3) is 5.35. The predicted octanol–water partition coefficient (Wildman–Crippen LogP) is 2.40. The molecule has 1 aromatic carbocycles. The Kier molecular flexibility index (Phi) is 6.74. The van der Waals surface area contributed by atoms with E-state index in [0.717, 1.165) is 5.69 Å². The number of anilines is 1. The lowest BCUT2D eigenvalue weighted by molar-refractivity contribution is -0.118. The Balaban J connectivity index is 1.78. The van der Waals surface area contributed by atoms with Gasteiger partial charge in [0.05, 0.1) is 11.5 Å². The van der Waals surface area contributed by atoms with Crippen LogP contribution in [0.25, 0.3) is 0 Å². The first-order chi connectivity index (χ1) is 10.7. The van der Waals surface area contributed by atoms with Gasteiger partial charge < -0.3 is 5.32 Å². The van der Waals surface area contributed by atoms with Gasteiger partial charge in [-0.15, -0.1) is 11.8 Å². The summed E-state index contributed by atoms with van der Waals surface area (Å²) in [6.07, 6.45) is 6.52. The number of rotatable bonds is 6. The molecule has 1 aromatic rings. The minimum absolute atomic E-state index is 0.111. The van der Waals surface area contributed by atoms with Crippen molar-refractivity contribution in [3.8, 4) is 0 Å². The zero-order valence-corrected chi connectivity index (χ0v) is 13.5. The van der Waals surface area contributed by atoms with E-state index in [4.69, 9.17) is 5.84 Å². The van der Waals surface area contributed by atoms with Crippen molar-refractivity contribution in [2.45, 2.75) is 38.0 Å². The molecule has 1 aliphatic rings. The Morgan fingerprint density at radius 1 is 1.05 bits per heavy atom. The monoisotopic (exact) mass is 321 g/mol. The number of hydrogen-bond acceptors (Lipinski definition) is 4. The number of carbonyl (C=O) groups is 2. The van der Waals surface area contributed by atoms with Crippen LogP contribution in [0.4, 0.5) is 5.69 Å². The van der Waals surface area contributed by atoms with Crippen LogP contribution in [0.2, 0.25) is 0 Å². The normalized spacial score (nSPS) is 15.3. The van der Waals surface area contributed by atoms with E-state index in [0.29, 0.717) is 5.92 Å². The molecule has 0 radical (unpaired) electrons. The molecule has 0 heterocycles. The number of benzene rings is 1. The fraction of sp³-hybridized carbons (Fsp3) is 0.500. The average molecular weight is 321 g/mol. The number of nitrogens with two attached hydrogens (primary N) is 1. The number of hydrogen-bond donors (Lipinski definition) is 3. The molecule has 2 rings (SSSR count). The summed E-state index contributed by atoms with van der Waals surface area (Å²) in [6, 6.07) is 8.14. The van der Waals surface area contributed by atoms with E-state index in [1.807, 2.05) is 17.6 Å². The van der Waals surface area contributed by atoms with Gasteiger partial charge in [-0.1, -0.05) is 31.4 Å². The molecule has 120 valence electrons. The Labute approximate surface area is 135 Å². The number of hydrazine groups is 1. The molecule has 0 aliphatic heterocycles. The maximum atomic E-state index is 11.8. The topological polar surface area (TPSA) is 84.2 Å². The van der Waals surface area contributed by atoms with Gasteiger partial charge >= 0.3 is 0 Å². The van der Waals surface area contributed by atoms with Crippen molar-refractivity contribution < 1.29 is 9.59 Å². The van der Waals surface area contributed by atoms with Crippen molar-refractivity contribution in [3.63, 3.8) is 0 Å². The number of nitrogens with one attached hydrogen (secondary N) is 2. The van der Waals surface area contributed by atoms with E-state index in [1.165, 1.54) is 49.4 Å². The zero-order valence-electron chi connectivity index (χ0n) is 12.6. The molecule has 0 atom stereocenters. The molecule has 0 saturated heterocycles. The van der Waals surface area contributed by atoms with E-state index in [9.17, 15) is 9.59 Å². The minimum Gasteiger partial charge on any atom is -0.325 e. The summed E-state index contributed by atoms with van der Waals surface area (Å²) in [5, 5.41) is 2.84. The molecule has 0 unspecified atom stereocenters. The van der Waals surface area contributed by atoms with Crippen LogP contribution >= 0.6 is 11.8 Å². The molecule has 5 nitrogen and oxygen atoms in total. The Morgan fingerprint density at radius 3 is 2.32 bits per heavy atom. The van der Waals surface area contributed by atoms with E-state index < -0.39 is 0 Å². The van der Waals surface area contributed by atoms with Crippen molar-refractivity contribution in [2.24, 2.45) is 5.84 Å². The van der Waals surface area contributed by atoms with Crippen molar-refractivity contribution in [1.29, 1.82) is 0 Å². The molecule has 2 amide bonds. The van der Waals surface area contributed by atoms with Gasteiger partial charge in [0.2, 0.25) is 11.8 Å². The Bertz CT molecular complexity index is 499. The Morgan fingerprint density at radius 2 is 1.68 bits per heavy atom. The molecule has 0 aromatic heterocycles. The third-order valence-corrected chi connectivity index (χ3v) is 4.83. The van der Waals surface area contributed by atoms with E-state index in [1.54, 1.807) is 0 Å². The first kappa shape index (κ1) is 16.8. The van der Waals surface area contributed by atoms with Gasteiger partial charge in [0.25, 0.3) is 0 Å². The highest BCUT2D eigenvalue weighted by Crippen LogP contribution is 2.32. The van der Waals surface area contributed by atoms with Crippen LogP contribution in [-0.2, 0) is 9.59 Å². The molecule has 1 fully saturated rings. The predicted molar refractivity (Wildman–Crippen MR) is 90.6 cm³/mol. The molecular weight excluding hydrogens is 298 g/mol. The minimum atomic E-state index is -0.283. The van der Waals surface area contributed by atoms with Crippen LogP contribution in [0.15, 0.2) is 24.3 Å². The van der Waals surface area contributed by atoms with Crippen LogP contribution in [0.1, 0.15) is 43.6 Å². The second-order valence-corrected chi connectivity index (χ2v) is 6.55. The SMILES string of the molecule is NNC(=O)CSCC(=O)Nc1ccc(C2CCCCC2)cc1. The summed E-state index contributed by atoms with van der Waals surface area (Å²) in [5.41, 5.74) is 4.20. The first-order valence-electron chi connectivity index (χ1n) is 7.66. The van der Waals surface area contributed by atoms with Gasteiger partial charge in [0.15, 0.2) is 0 Å². The van der Waals surface area contributed by atoms with E-state index in [2.05, 4.69) is 17.4 Å². The molecular formula is C16H23N3O2S. The van der Waals surface area contributed by atoms with Crippen LogP contribution < -0.4 is 16.6 Å². The molecule has 1 saturated carbocycles. The zero-order chi connectivity index (χ0) is 15.8. The number of carbonyl (C=O) groups excluding carboxylic acids is 2. The van der Waals surface area contributed by atoms with Gasteiger partial charge in [-0.25, -0.2) is 5.84 Å². The number of thioether (sulfide) groups is 1. The second kappa shape index (κ2) is 8.80. The largest absolute Gasteiger partial charge is 0.325 e. The van der Waals surface area contributed by atoms with Crippen LogP contribution in [-0.4, -0.2) is 23.3 Å².